The Balaban J connectivity index is 1.33. The van der Waals surface area contributed by atoms with Gasteiger partial charge in [0.1, 0.15) is 11.3 Å². The number of hydrogen-bond donors (Lipinski definition) is 0. The van der Waals surface area contributed by atoms with Crippen LogP contribution in [0.2, 0.25) is 0 Å². The molecular weight excluding hydrogens is 557 g/mol. The van der Waals surface area contributed by atoms with Crippen molar-refractivity contribution in [1.29, 1.82) is 0 Å². The van der Waals surface area contributed by atoms with Crippen molar-refractivity contribution in [3.63, 3.8) is 0 Å². The van der Waals surface area contributed by atoms with Gasteiger partial charge in [-0.2, -0.15) is 0 Å². The zero-order chi connectivity index (χ0) is 29.9. The number of aliphatic imine (C=N–C) groups is 1. The average Bonchev–Trinajstić information content (AvgIpc) is 3.74. The van der Waals surface area contributed by atoms with Crippen LogP contribution in [0.3, 0.4) is 0 Å². The molecule has 2 aromatic heterocycles. The fourth-order valence-electron chi connectivity index (χ4n) is 6.52. The lowest BCUT2D eigenvalue weighted by atomic mass is 9.90. The molecule has 0 saturated heterocycles. The second-order valence-electron chi connectivity index (χ2n) is 11.3. The minimum atomic E-state index is -0.0528. The van der Waals surface area contributed by atoms with E-state index in [4.69, 9.17) is 9.41 Å². The first-order chi connectivity index (χ1) is 21.5. The molecule has 0 bridgehead atoms. The van der Waals surface area contributed by atoms with Crippen LogP contribution in [0.4, 0.5) is 5.69 Å². The van der Waals surface area contributed by atoms with Crippen LogP contribution in [0.1, 0.15) is 23.8 Å². The van der Waals surface area contributed by atoms with Gasteiger partial charge in [0.05, 0.1) is 17.5 Å². The van der Waals surface area contributed by atoms with E-state index in [0.717, 1.165) is 61.7 Å². The Labute approximate surface area is 260 Å². The lowest BCUT2D eigenvalue weighted by Crippen LogP contribution is -2.24. The summed E-state index contributed by atoms with van der Waals surface area (Å²) in [5.41, 5.74) is 10.2. The quantitative estimate of drug-likeness (QED) is 0.192. The molecule has 0 aliphatic carbocycles. The van der Waals surface area contributed by atoms with E-state index in [1.165, 1.54) is 25.7 Å². The third-order valence-electron chi connectivity index (χ3n) is 8.74. The number of furan rings is 1. The lowest BCUT2D eigenvalue weighted by molar-refractivity contribution is 0.602. The predicted molar refractivity (Wildman–Crippen MR) is 190 cm³/mol. The van der Waals surface area contributed by atoms with Gasteiger partial charge < -0.3 is 9.32 Å². The highest BCUT2D eigenvalue weighted by Crippen LogP contribution is 2.44. The molecule has 6 aromatic rings. The highest BCUT2D eigenvalue weighted by Gasteiger charge is 2.28. The summed E-state index contributed by atoms with van der Waals surface area (Å²) < 4.78 is 9.10. The number of benzene rings is 4. The van der Waals surface area contributed by atoms with E-state index < -0.39 is 0 Å². The van der Waals surface area contributed by atoms with Gasteiger partial charge >= 0.3 is 0 Å². The Kier molecular flexibility index (Phi) is 6.14. The van der Waals surface area contributed by atoms with Gasteiger partial charge in [-0.15, -0.1) is 11.3 Å². The number of allylic oxidation sites excluding steroid dienone is 2. The third-order valence-corrected chi connectivity index (χ3v) is 9.88. The first kappa shape index (κ1) is 26.4. The van der Waals surface area contributed by atoms with Gasteiger partial charge in [0.15, 0.2) is 0 Å². The Bertz CT molecular complexity index is 2300. The molecule has 3 nitrogen and oxygen atoms in total. The number of nitrogens with zero attached hydrogens (tertiary/aromatic N) is 2. The Hall–Kier alpha value is -5.19. The second-order valence-corrected chi connectivity index (χ2v) is 12.4. The van der Waals surface area contributed by atoms with Crippen molar-refractivity contribution in [3.8, 4) is 11.1 Å². The molecule has 8 rings (SSSR count). The van der Waals surface area contributed by atoms with Crippen LogP contribution < -0.4 is 4.90 Å². The summed E-state index contributed by atoms with van der Waals surface area (Å²) in [5.74, 6) is 0.784. The molecular formula is C40H30N2OS. The van der Waals surface area contributed by atoms with E-state index in [1.54, 1.807) is 0 Å². The lowest BCUT2D eigenvalue weighted by Gasteiger charge is -2.28. The van der Waals surface area contributed by atoms with Gasteiger partial charge in [-0.1, -0.05) is 86.0 Å². The molecule has 0 spiro atoms. The largest absolute Gasteiger partial charge is 0.456 e. The first-order valence-electron chi connectivity index (χ1n) is 14.8. The van der Waals surface area contributed by atoms with Gasteiger partial charge in [-0.05, 0) is 65.6 Å². The van der Waals surface area contributed by atoms with E-state index in [0.29, 0.717) is 0 Å². The van der Waals surface area contributed by atoms with Gasteiger partial charge in [-0.3, -0.25) is 4.99 Å². The van der Waals surface area contributed by atoms with Crippen LogP contribution >= 0.6 is 11.3 Å². The monoisotopic (exact) mass is 586 g/mol. The van der Waals surface area contributed by atoms with Gasteiger partial charge in [-0.25, -0.2) is 0 Å². The zero-order valence-electron chi connectivity index (χ0n) is 24.7. The van der Waals surface area contributed by atoms with Crippen molar-refractivity contribution < 1.29 is 4.42 Å². The number of fused-ring (bicyclic) bond motifs is 7. The average molecular weight is 587 g/mol. The van der Waals surface area contributed by atoms with Crippen molar-refractivity contribution in [3.05, 3.63) is 151 Å². The summed E-state index contributed by atoms with van der Waals surface area (Å²) in [6.07, 6.45) is 10.3. The molecule has 0 saturated carbocycles. The summed E-state index contributed by atoms with van der Waals surface area (Å²) in [4.78, 5) is 7.31. The van der Waals surface area contributed by atoms with Crippen molar-refractivity contribution in [2.24, 2.45) is 4.99 Å². The summed E-state index contributed by atoms with van der Waals surface area (Å²) in [6.45, 7) is 10.7. The van der Waals surface area contributed by atoms with Crippen molar-refractivity contribution in [2.75, 3.05) is 11.9 Å². The number of anilines is 1. The normalized spacial score (nSPS) is 17.8. The second kappa shape index (κ2) is 10.2. The maximum atomic E-state index is 6.50. The molecule has 2 aliphatic heterocycles. The van der Waals surface area contributed by atoms with E-state index >= 15 is 0 Å². The molecule has 0 amide bonds. The van der Waals surface area contributed by atoms with Gasteiger partial charge in [0.2, 0.25) is 0 Å². The van der Waals surface area contributed by atoms with E-state index in [2.05, 4.69) is 116 Å². The Morgan fingerprint density at radius 1 is 0.864 bits per heavy atom. The van der Waals surface area contributed by atoms with Gasteiger partial charge in [0, 0.05) is 55.5 Å². The van der Waals surface area contributed by atoms with E-state index in [-0.39, 0.29) is 6.04 Å². The van der Waals surface area contributed by atoms with Crippen molar-refractivity contribution in [2.45, 2.75) is 13.0 Å². The molecule has 44 heavy (non-hydrogen) atoms. The number of thiophene rings is 1. The van der Waals surface area contributed by atoms with Crippen LogP contribution in [0.25, 0.3) is 53.9 Å². The predicted octanol–water partition coefficient (Wildman–Crippen LogP) is 10.8. The maximum Gasteiger partial charge on any atom is 0.138 e. The molecule has 0 N–H and O–H groups in total. The third kappa shape index (κ3) is 4.06. The smallest absolute Gasteiger partial charge is 0.138 e. The molecule has 4 heteroatoms. The highest BCUT2D eigenvalue weighted by atomic mass is 32.1. The topological polar surface area (TPSA) is 28.7 Å². The van der Waals surface area contributed by atoms with Crippen LogP contribution in [0, 0.1) is 0 Å². The fraction of sp³-hybridized carbons (Fsp3) is 0.0750. The van der Waals surface area contributed by atoms with E-state index in [1.807, 2.05) is 42.5 Å². The van der Waals surface area contributed by atoms with Crippen molar-refractivity contribution >= 4 is 65.5 Å². The molecule has 0 radical (unpaired) electrons. The molecule has 1 unspecified atom stereocenters. The first-order valence-corrected chi connectivity index (χ1v) is 15.6. The molecule has 4 aromatic carbocycles. The highest BCUT2D eigenvalue weighted by molar-refractivity contribution is 7.25. The minimum Gasteiger partial charge on any atom is -0.456 e. The maximum absolute atomic E-state index is 6.50. The number of rotatable bonds is 4. The Morgan fingerprint density at radius 2 is 1.61 bits per heavy atom. The van der Waals surface area contributed by atoms with Crippen LogP contribution in [-0.2, 0) is 0 Å². The fourth-order valence-corrected chi connectivity index (χ4v) is 7.67. The van der Waals surface area contributed by atoms with E-state index in [9.17, 15) is 0 Å². The molecule has 2 aliphatic rings. The molecule has 212 valence electrons. The molecule has 4 heterocycles. The van der Waals surface area contributed by atoms with Crippen LogP contribution in [0.5, 0.6) is 0 Å². The van der Waals surface area contributed by atoms with Gasteiger partial charge in [0.25, 0.3) is 0 Å². The molecule has 1 atom stereocenters. The van der Waals surface area contributed by atoms with Crippen molar-refractivity contribution in [1.82, 2.24) is 0 Å². The Morgan fingerprint density at radius 3 is 2.45 bits per heavy atom. The minimum absolute atomic E-state index is 0.0528. The van der Waals surface area contributed by atoms with Crippen LogP contribution in [0.15, 0.2) is 143 Å². The number of hydrogen-bond acceptors (Lipinski definition) is 4. The summed E-state index contributed by atoms with van der Waals surface area (Å²) in [6, 6.07) is 30.3. The summed E-state index contributed by atoms with van der Waals surface area (Å²) >= 11 is 1.84. The van der Waals surface area contributed by atoms with Crippen LogP contribution in [-0.4, -0.2) is 18.8 Å². The summed E-state index contributed by atoms with van der Waals surface area (Å²) in [7, 11) is 2.10. The SMILES string of the molecule is C=CC1=CC(/C2=C/c3oc4ccccc4c3C(=C)c3cc(-c4ccc5c(c4)sc4ccccc45)ccc3N2C)=NC1/C=C\C. The number of para-hydroxylation sites is 1. The molecule has 0 fully saturated rings. The zero-order valence-corrected chi connectivity index (χ0v) is 25.5. The summed E-state index contributed by atoms with van der Waals surface area (Å²) in [5, 5.41) is 3.67. The standard InChI is InChI=1S/C40H30N2OS/c1-5-11-32-25(6-2)21-33(41-32)35-23-37-40(30-13-7-9-14-36(30)43-37)24(3)31-20-26(17-19-34(31)42(35)4)27-16-18-29-28-12-8-10-15-38(28)44-39(29)22-27/h5-23,32H,2-3H2,1,4H3/b11-5-,35-23-.